The smallest absolute Gasteiger partial charge is 0.126 e. The predicted molar refractivity (Wildman–Crippen MR) is 87.0 cm³/mol. The maximum atomic E-state index is 13.3. The summed E-state index contributed by atoms with van der Waals surface area (Å²) in [4.78, 5) is 0. The van der Waals surface area contributed by atoms with Gasteiger partial charge in [-0.1, -0.05) is 31.9 Å². The number of rotatable bonds is 4. The topological polar surface area (TPSA) is 33.0 Å². The Morgan fingerprint density at radius 2 is 2.00 bits per heavy atom. The van der Waals surface area contributed by atoms with Crippen molar-refractivity contribution in [3.63, 3.8) is 0 Å². The highest BCUT2D eigenvalue weighted by molar-refractivity contribution is 9.10. The van der Waals surface area contributed by atoms with Crippen LogP contribution in [-0.4, -0.2) is 0 Å². The third-order valence-corrected chi connectivity index (χ3v) is 4.08. The Kier molecular flexibility index (Phi) is 5.38. The molecular formula is C16H12Br2FNO. The Bertz CT molecular complexity index is 710. The molecule has 0 unspecified atom stereocenters. The van der Waals surface area contributed by atoms with E-state index in [-0.39, 0.29) is 12.4 Å². The van der Waals surface area contributed by atoms with E-state index in [1.165, 1.54) is 18.2 Å². The predicted octanol–water partition coefficient (Wildman–Crippen LogP) is 5.24. The van der Waals surface area contributed by atoms with Crippen molar-refractivity contribution in [1.82, 2.24) is 0 Å². The van der Waals surface area contributed by atoms with Crippen LogP contribution in [0, 0.1) is 24.1 Å². The quantitative estimate of drug-likeness (QED) is 0.643. The Hall–Kier alpha value is -1.38. The summed E-state index contributed by atoms with van der Waals surface area (Å²) in [5.41, 5.74) is 2.94. The number of hydrogen-bond acceptors (Lipinski definition) is 2. The summed E-state index contributed by atoms with van der Waals surface area (Å²) in [6.07, 6.45) is 0. The van der Waals surface area contributed by atoms with Crippen LogP contribution in [0.25, 0.3) is 0 Å². The molecule has 2 aromatic rings. The molecule has 0 heterocycles. The molecule has 2 aromatic carbocycles. The highest BCUT2D eigenvalue weighted by Gasteiger charge is 2.10. The van der Waals surface area contributed by atoms with E-state index in [4.69, 9.17) is 10.00 Å². The second kappa shape index (κ2) is 7.06. The Labute approximate surface area is 139 Å². The van der Waals surface area contributed by atoms with Crippen molar-refractivity contribution in [1.29, 1.82) is 5.26 Å². The van der Waals surface area contributed by atoms with Crippen molar-refractivity contribution in [3.8, 4) is 11.8 Å². The molecule has 2 nitrogen and oxygen atoms in total. The van der Waals surface area contributed by atoms with Crippen molar-refractivity contribution < 1.29 is 9.13 Å². The SMILES string of the molecule is Cc1cc(Br)cc(CBr)c1OCc1cc(F)ccc1C#N. The number of hydrogen-bond donors (Lipinski definition) is 0. The number of halogens is 3. The Morgan fingerprint density at radius 3 is 2.67 bits per heavy atom. The van der Waals surface area contributed by atoms with Crippen LogP contribution in [-0.2, 0) is 11.9 Å². The fourth-order valence-electron chi connectivity index (χ4n) is 2.05. The molecule has 0 amide bonds. The molecular weight excluding hydrogens is 401 g/mol. The molecule has 0 fully saturated rings. The molecule has 108 valence electrons. The van der Waals surface area contributed by atoms with Crippen LogP contribution in [0.2, 0.25) is 0 Å². The molecule has 0 aliphatic heterocycles. The summed E-state index contributed by atoms with van der Waals surface area (Å²) >= 11 is 6.88. The zero-order valence-electron chi connectivity index (χ0n) is 11.3. The van der Waals surface area contributed by atoms with Gasteiger partial charge < -0.3 is 4.74 Å². The van der Waals surface area contributed by atoms with Gasteiger partial charge in [-0.25, -0.2) is 4.39 Å². The van der Waals surface area contributed by atoms with Crippen molar-refractivity contribution in [2.75, 3.05) is 0 Å². The maximum Gasteiger partial charge on any atom is 0.126 e. The third kappa shape index (κ3) is 3.84. The second-order valence-corrected chi connectivity index (χ2v) is 6.02. The maximum absolute atomic E-state index is 13.3. The number of aryl methyl sites for hydroxylation is 1. The highest BCUT2D eigenvalue weighted by Crippen LogP contribution is 2.30. The van der Waals surface area contributed by atoms with Gasteiger partial charge in [0.15, 0.2) is 0 Å². The largest absolute Gasteiger partial charge is 0.488 e. The Morgan fingerprint density at radius 1 is 1.24 bits per heavy atom. The molecule has 0 saturated heterocycles. The van der Waals surface area contributed by atoms with Gasteiger partial charge in [-0.3, -0.25) is 0 Å². The molecule has 0 saturated carbocycles. The lowest BCUT2D eigenvalue weighted by atomic mass is 10.1. The van der Waals surface area contributed by atoms with E-state index in [1.54, 1.807) is 0 Å². The lowest BCUT2D eigenvalue weighted by Crippen LogP contribution is -2.02. The molecule has 0 aliphatic rings. The van der Waals surface area contributed by atoms with Gasteiger partial charge in [-0.2, -0.15) is 5.26 Å². The van der Waals surface area contributed by atoms with Gasteiger partial charge in [-0.05, 0) is 42.8 Å². The molecule has 0 aromatic heterocycles. The zero-order valence-corrected chi connectivity index (χ0v) is 14.5. The molecule has 0 N–H and O–H groups in total. The lowest BCUT2D eigenvalue weighted by Gasteiger charge is -2.14. The summed E-state index contributed by atoms with van der Waals surface area (Å²) < 4.78 is 20.1. The number of nitrogens with zero attached hydrogens (tertiary/aromatic N) is 1. The number of alkyl halides is 1. The Balaban J connectivity index is 2.29. The van der Waals surface area contributed by atoms with Crippen molar-refractivity contribution in [2.45, 2.75) is 18.9 Å². The monoisotopic (exact) mass is 411 g/mol. The zero-order chi connectivity index (χ0) is 15.4. The first-order valence-electron chi connectivity index (χ1n) is 6.21. The van der Waals surface area contributed by atoms with Gasteiger partial charge in [0.2, 0.25) is 0 Å². The number of ether oxygens (including phenoxy) is 1. The fraction of sp³-hybridized carbons (Fsp3) is 0.188. The van der Waals surface area contributed by atoms with Crippen LogP contribution in [0.3, 0.4) is 0 Å². The van der Waals surface area contributed by atoms with Gasteiger partial charge in [0.25, 0.3) is 0 Å². The van der Waals surface area contributed by atoms with E-state index in [1.807, 2.05) is 25.1 Å². The van der Waals surface area contributed by atoms with Crippen LogP contribution in [0.1, 0.15) is 22.3 Å². The first-order valence-corrected chi connectivity index (χ1v) is 8.13. The van der Waals surface area contributed by atoms with Crippen LogP contribution in [0.5, 0.6) is 5.75 Å². The van der Waals surface area contributed by atoms with E-state index >= 15 is 0 Å². The lowest BCUT2D eigenvalue weighted by molar-refractivity contribution is 0.301. The van der Waals surface area contributed by atoms with Gasteiger partial charge in [0, 0.05) is 20.9 Å². The summed E-state index contributed by atoms with van der Waals surface area (Å²) in [5.74, 6) is 0.379. The van der Waals surface area contributed by atoms with Gasteiger partial charge in [-0.15, -0.1) is 0 Å². The average molecular weight is 413 g/mol. The summed E-state index contributed by atoms with van der Waals surface area (Å²) in [6, 6.07) is 10.0. The van der Waals surface area contributed by atoms with E-state index in [0.29, 0.717) is 16.5 Å². The molecule has 0 bridgehead atoms. The number of nitriles is 1. The van der Waals surface area contributed by atoms with Crippen LogP contribution in [0.15, 0.2) is 34.8 Å². The second-order valence-electron chi connectivity index (χ2n) is 4.55. The van der Waals surface area contributed by atoms with E-state index in [0.717, 1.165) is 21.3 Å². The standard InChI is InChI=1S/C16H12Br2FNO/c1-10-4-14(18)5-12(7-17)16(10)21-9-13-6-15(19)3-2-11(13)8-20/h2-6H,7,9H2,1H3. The van der Waals surface area contributed by atoms with Gasteiger partial charge >= 0.3 is 0 Å². The highest BCUT2D eigenvalue weighted by atomic mass is 79.9. The van der Waals surface area contributed by atoms with Gasteiger partial charge in [0.1, 0.15) is 18.2 Å². The van der Waals surface area contributed by atoms with Crippen LogP contribution < -0.4 is 4.74 Å². The minimum atomic E-state index is -0.374. The minimum absolute atomic E-state index is 0.156. The normalized spacial score (nSPS) is 10.2. The molecule has 0 spiro atoms. The molecule has 5 heteroatoms. The molecule has 0 aliphatic carbocycles. The summed E-state index contributed by atoms with van der Waals surface area (Å²) in [7, 11) is 0. The fourth-order valence-corrected chi connectivity index (χ4v) is 3.08. The van der Waals surface area contributed by atoms with Gasteiger partial charge in [0.05, 0.1) is 11.6 Å². The third-order valence-electron chi connectivity index (χ3n) is 3.02. The molecule has 2 rings (SSSR count). The van der Waals surface area contributed by atoms with E-state index < -0.39 is 0 Å². The van der Waals surface area contributed by atoms with Crippen molar-refractivity contribution in [3.05, 3.63) is 62.9 Å². The summed E-state index contributed by atoms with van der Waals surface area (Å²) in [6.45, 7) is 2.10. The molecule has 0 atom stereocenters. The first-order chi connectivity index (χ1) is 10.0. The number of benzene rings is 2. The molecule has 21 heavy (non-hydrogen) atoms. The average Bonchev–Trinajstić information content (AvgIpc) is 2.45. The van der Waals surface area contributed by atoms with Crippen molar-refractivity contribution in [2.24, 2.45) is 0 Å². The van der Waals surface area contributed by atoms with Crippen LogP contribution >= 0.6 is 31.9 Å². The van der Waals surface area contributed by atoms with Crippen molar-refractivity contribution >= 4 is 31.9 Å². The van der Waals surface area contributed by atoms with Crippen LogP contribution in [0.4, 0.5) is 4.39 Å². The van der Waals surface area contributed by atoms with E-state index in [2.05, 4.69) is 31.9 Å². The first kappa shape index (κ1) is 16.0. The summed E-state index contributed by atoms with van der Waals surface area (Å²) in [5, 5.41) is 9.71. The molecule has 0 radical (unpaired) electrons. The minimum Gasteiger partial charge on any atom is -0.488 e. The van der Waals surface area contributed by atoms with E-state index in [9.17, 15) is 4.39 Å².